The van der Waals surface area contributed by atoms with Gasteiger partial charge < -0.3 is 20.5 Å². The molecule has 35 heavy (non-hydrogen) atoms. The van der Waals surface area contributed by atoms with Crippen LogP contribution in [0.2, 0.25) is 0 Å². The molecule has 0 bridgehead atoms. The third-order valence-corrected chi connectivity index (χ3v) is 7.03. The van der Waals surface area contributed by atoms with E-state index in [1.807, 2.05) is 36.4 Å². The molecule has 2 amide bonds. The Bertz CT molecular complexity index is 1050. The van der Waals surface area contributed by atoms with Gasteiger partial charge in [-0.1, -0.05) is 67.4 Å². The molecule has 7 nitrogen and oxygen atoms in total. The van der Waals surface area contributed by atoms with Gasteiger partial charge in [-0.2, -0.15) is 0 Å². The molecular weight excluding hydrogens is 444 g/mol. The van der Waals surface area contributed by atoms with Gasteiger partial charge in [-0.25, -0.2) is 4.79 Å². The van der Waals surface area contributed by atoms with Crippen LogP contribution in [-0.2, 0) is 14.3 Å². The van der Waals surface area contributed by atoms with E-state index >= 15 is 0 Å². The number of carboxylic acid groups (broad SMARTS) is 1. The van der Waals surface area contributed by atoms with Crippen molar-refractivity contribution in [2.45, 2.75) is 56.5 Å². The molecule has 3 atom stereocenters. The highest BCUT2D eigenvalue weighted by Crippen LogP contribution is 2.44. The van der Waals surface area contributed by atoms with Gasteiger partial charge in [0, 0.05) is 12.0 Å². The number of hydrogen-bond donors (Lipinski definition) is 3. The van der Waals surface area contributed by atoms with E-state index in [1.54, 1.807) is 6.08 Å². The smallest absolute Gasteiger partial charge is 0.407 e. The topological polar surface area (TPSA) is 105 Å². The second kappa shape index (κ2) is 11.2. The Balaban J connectivity index is 1.37. The van der Waals surface area contributed by atoms with Crippen molar-refractivity contribution in [1.29, 1.82) is 0 Å². The molecule has 4 rings (SSSR count). The molecule has 0 radical (unpaired) electrons. The van der Waals surface area contributed by atoms with Crippen LogP contribution >= 0.6 is 0 Å². The summed E-state index contributed by atoms with van der Waals surface area (Å²) in [7, 11) is 0. The molecule has 2 aromatic carbocycles. The van der Waals surface area contributed by atoms with E-state index in [9.17, 15) is 19.5 Å². The predicted molar refractivity (Wildman–Crippen MR) is 133 cm³/mol. The fourth-order valence-electron chi connectivity index (χ4n) is 5.33. The second-order valence-electron chi connectivity index (χ2n) is 9.30. The molecule has 1 fully saturated rings. The lowest BCUT2D eigenvalue weighted by Crippen LogP contribution is -2.52. The number of amides is 2. The number of nitrogens with one attached hydrogen (secondary N) is 2. The minimum absolute atomic E-state index is 0.0247. The van der Waals surface area contributed by atoms with E-state index < -0.39 is 18.1 Å². The van der Waals surface area contributed by atoms with Crippen molar-refractivity contribution in [1.82, 2.24) is 10.6 Å². The molecule has 3 unspecified atom stereocenters. The van der Waals surface area contributed by atoms with Crippen LogP contribution in [0.15, 0.2) is 61.2 Å². The summed E-state index contributed by atoms with van der Waals surface area (Å²) in [5.74, 6) is -1.39. The molecule has 3 N–H and O–H groups in total. The van der Waals surface area contributed by atoms with Crippen LogP contribution in [-0.4, -0.2) is 41.8 Å². The minimum Gasteiger partial charge on any atom is -0.481 e. The summed E-state index contributed by atoms with van der Waals surface area (Å²) in [5.41, 5.74) is 4.51. The first-order chi connectivity index (χ1) is 17.0. The van der Waals surface area contributed by atoms with Crippen LogP contribution in [0.5, 0.6) is 0 Å². The molecule has 7 heteroatoms. The molecule has 0 heterocycles. The van der Waals surface area contributed by atoms with Gasteiger partial charge in [-0.05, 0) is 47.4 Å². The number of hydrogen-bond acceptors (Lipinski definition) is 4. The number of carbonyl (C=O) groups excluding carboxylic acids is 2. The Morgan fingerprint density at radius 2 is 1.66 bits per heavy atom. The predicted octanol–water partition coefficient (Wildman–Crippen LogP) is 4.62. The van der Waals surface area contributed by atoms with Crippen LogP contribution < -0.4 is 10.6 Å². The van der Waals surface area contributed by atoms with Gasteiger partial charge in [0.2, 0.25) is 5.91 Å². The van der Waals surface area contributed by atoms with Gasteiger partial charge in [0.05, 0.1) is 6.42 Å². The standard InChI is InChI=1S/C28H32N2O5/c1-2-9-25(27(33)29-24-15-8-3-10-18(24)16-26(31)32)30-28(34)35-17-23-21-13-6-4-11-19(21)20-12-5-7-14-22(20)23/h2,4-7,11-14,18,23-25H,1,3,8-10,15-17H2,(H,29,33)(H,30,34)(H,31,32). The van der Waals surface area contributed by atoms with E-state index in [-0.39, 0.29) is 43.2 Å². The molecule has 184 valence electrons. The lowest BCUT2D eigenvalue weighted by atomic mass is 9.82. The Kier molecular flexibility index (Phi) is 7.85. The second-order valence-corrected chi connectivity index (χ2v) is 9.30. The minimum atomic E-state index is -0.865. The first-order valence-corrected chi connectivity index (χ1v) is 12.2. The van der Waals surface area contributed by atoms with Crippen LogP contribution in [0.1, 0.15) is 55.6 Å². The number of benzene rings is 2. The van der Waals surface area contributed by atoms with Crippen LogP contribution in [0.4, 0.5) is 4.79 Å². The summed E-state index contributed by atoms with van der Waals surface area (Å²) in [4.78, 5) is 36.9. The van der Waals surface area contributed by atoms with Gasteiger partial charge in [-0.3, -0.25) is 9.59 Å². The summed E-state index contributed by atoms with van der Waals surface area (Å²) in [6.45, 7) is 3.86. The average Bonchev–Trinajstić information content (AvgIpc) is 3.17. The van der Waals surface area contributed by atoms with Crippen LogP contribution in [0.25, 0.3) is 11.1 Å². The van der Waals surface area contributed by atoms with E-state index in [1.165, 1.54) is 0 Å². The van der Waals surface area contributed by atoms with Crippen molar-refractivity contribution in [3.8, 4) is 11.1 Å². The first-order valence-electron chi connectivity index (χ1n) is 12.2. The van der Waals surface area contributed by atoms with Crippen molar-refractivity contribution < 1.29 is 24.2 Å². The van der Waals surface area contributed by atoms with Gasteiger partial charge in [-0.15, -0.1) is 6.58 Å². The van der Waals surface area contributed by atoms with Crippen molar-refractivity contribution >= 4 is 18.0 Å². The number of ether oxygens (including phenoxy) is 1. The lowest BCUT2D eigenvalue weighted by Gasteiger charge is -2.32. The van der Waals surface area contributed by atoms with E-state index in [2.05, 4.69) is 29.3 Å². The summed E-state index contributed by atoms with van der Waals surface area (Å²) < 4.78 is 5.59. The molecule has 0 spiro atoms. The number of aliphatic carboxylic acids is 1. The molecule has 2 aliphatic carbocycles. The van der Waals surface area contributed by atoms with E-state index in [0.29, 0.717) is 0 Å². The van der Waals surface area contributed by atoms with Gasteiger partial charge in [0.1, 0.15) is 12.6 Å². The SMILES string of the molecule is C=CCC(NC(=O)OCC1c2ccccc2-c2ccccc21)C(=O)NC1CCCCC1CC(=O)O. The number of carbonyl (C=O) groups is 3. The Morgan fingerprint density at radius 3 is 2.29 bits per heavy atom. The normalized spacial score (nSPS) is 19.7. The van der Waals surface area contributed by atoms with Gasteiger partial charge in [0.25, 0.3) is 0 Å². The maximum absolute atomic E-state index is 13.0. The number of carboxylic acids is 1. The van der Waals surface area contributed by atoms with E-state index in [0.717, 1.165) is 47.9 Å². The average molecular weight is 477 g/mol. The highest BCUT2D eigenvalue weighted by atomic mass is 16.5. The first kappa shape index (κ1) is 24.5. The number of fused-ring (bicyclic) bond motifs is 3. The third kappa shape index (κ3) is 5.73. The largest absolute Gasteiger partial charge is 0.481 e. The highest BCUT2D eigenvalue weighted by Gasteiger charge is 2.32. The zero-order valence-corrected chi connectivity index (χ0v) is 19.7. The number of alkyl carbamates (subject to hydrolysis) is 1. The quantitative estimate of drug-likeness (QED) is 0.458. The number of rotatable bonds is 9. The van der Waals surface area contributed by atoms with Crippen molar-refractivity contribution in [3.05, 3.63) is 72.3 Å². The molecule has 0 aromatic heterocycles. The molecule has 2 aliphatic rings. The molecule has 2 aromatic rings. The summed E-state index contributed by atoms with van der Waals surface area (Å²) in [5, 5.41) is 14.8. The maximum Gasteiger partial charge on any atom is 0.407 e. The zero-order chi connectivity index (χ0) is 24.8. The Labute approximate surface area is 205 Å². The molecule has 0 saturated heterocycles. The Morgan fingerprint density at radius 1 is 1.03 bits per heavy atom. The van der Waals surface area contributed by atoms with Crippen molar-refractivity contribution in [2.24, 2.45) is 5.92 Å². The Hall–Kier alpha value is -3.61. The summed E-state index contributed by atoms with van der Waals surface area (Å²) in [6, 6.07) is 15.1. The fraction of sp³-hybridized carbons (Fsp3) is 0.393. The fourth-order valence-corrected chi connectivity index (χ4v) is 5.33. The van der Waals surface area contributed by atoms with Gasteiger partial charge in [0.15, 0.2) is 0 Å². The van der Waals surface area contributed by atoms with E-state index in [4.69, 9.17) is 4.74 Å². The molecule has 1 saturated carbocycles. The molecule has 0 aliphatic heterocycles. The third-order valence-electron chi connectivity index (χ3n) is 7.03. The van der Waals surface area contributed by atoms with Crippen LogP contribution in [0, 0.1) is 5.92 Å². The monoisotopic (exact) mass is 476 g/mol. The lowest BCUT2D eigenvalue weighted by molar-refractivity contribution is -0.139. The van der Waals surface area contributed by atoms with Gasteiger partial charge >= 0.3 is 12.1 Å². The van der Waals surface area contributed by atoms with Crippen molar-refractivity contribution in [2.75, 3.05) is 6.61 Å². The van der Waals surface area contributed by atoms with Crippen LogP contribution in [0.3, 0.4) is 0 Å². The van der Waals surface area contributed by atoms with Crippen molar-refractivity contribution in [3.63, 3.8) is 0 Å². The summed E-state index contributed by atoms with van der Waals surface area (Å²) >= 11 is 0. The summed E-state index contributed by atoms with van der Waals surface area (Å²) in [6.07, 6.45) is 4.57. The molecular formula is C28H32N2O5. The highest BCUT2D eigenvalue weighted by molar-refractivity contribution is 5.86. The zero-order valence-electron chi connectivity index (χ0n) is 19.7. The maximum atomic E-state index is 13.0.